The molecule has 32 heavy (non-hydrogen) atoms. The summed E-state index contributed by atoms with van der Waals surface area (Å²) >= 11 is 1.26. The highest BCUT2D eigenvalue weighted by Gasteiger charge is 2.23. The first kappa shape index (κ1) is 22.9. The Bertz CT molecular complexity index is 1010. The SMILES string of the molecule is O=C(CNC(=O)C(c1ccccc1)c1ccccc1)NCC(=O)OCC(=O)c1cccs1. The van der Waals surface area contributed by atoms with Crippen molar-refractivity contribution >= 4 is 34.9 Å². The van der Waals surface area contributed by atoms with Gasteiger partial charge in [0, 0.05) is 0 Å². The number of nitrogens with one attached hydrogen (secondary N) is 2. The van der Waals surface area contributed by atoms with Crippen LogP contribution in [0.1, 0.15) is 26.7 Å². The number of thiophene rings is 1. The fourth-order valence-corrected chi connectivity index (χ4v) is 3.65. The molecule has 0 unspecified atom stereocenters. The summed E-state index contributed by atoms with van der Waals surface area (Å²) in [7, 11) is 0. The van der Waals surface area contributed by atoms with Crippen LogP contribution in [0.4, 0.5) is 0 Å². The van der Waals surface area contributed by atoms with Crippen LogP contribution in [0.5, 0.6) is 0 Å². The molecular weight excluding hydrogens is 428 g/mol. The Morgan fingerprint density at radius 3 is 1.97 bits per heavy atom. The predicted molar refractivity (Wildman–Crippen MR) is 120 cm³/mol. The van der Waals surface area contributed by atoms with Crippen molar-refractivity contribution in [3.63, 3.8) is 0 Å². The molecule has 7 nitrogen and oxygen atoms in total. The zero-order chi connectivity index (χ0) is 22.8. The van der Waals surface area contributed by atoms with E-state index in [0.29, 0.717) is 4.88 Å². The summed E-state index contributed by atoms with van der Waals surface area (Å²) in [6, 6.07) is 21.9. The van der Waals surface area contributed by atoms with Crippen molar-refractivity contribution in [2.75, 3.05) is 19.7 Å². The summed E-state index contributed by atoms with van der Waals surface area (Å²) in [5.74, 6) is -2.49. The van der Waals surface area contributed by atoms with Crippen LogP contribution in [0.2, 0.25) is 0 Å². The number of esters is 1. The van der Waals surface area contributed by atoms with Gasteiger partial charge in [0.1, 0.15) is 6.54 Å². The molecule has 0 aliphatic heterocycles. The van der Waals surface area contributed by atoms with Gasteiger partial charge in [0.05, 0.1) is 17.3 Å². The second kappa shape index (κ2) is 11.6. The third-order valence-electron chi connectivity index (χ3n) is 4.54. The lowest BCUT2D eigenvalue weighted by Gasteiger charge is -2.17. The van der Waals surface area contributed by atoms with Crippen LogP contribution in [0, 0.1) is 0 Å². The molecule has 0 saturated carbocycles. The highest BCUT2D eigenvalue weighted by molar-refractivity contribution is 7.12. The van der Waals surface area contributed by atoms with E-state index in [1.807, 2.05) is 60.7 Å². The number of rotatable bonds is 10. The number of benzene rings is 2. The third-order valence-corrected chi connectivity index (χ3v) is 5.45. The zero-order valence-electron chi connectivity index (χ0n) is 17.2. The molecule has 8 heteroatoms. The van der Waals surface area contributed by atoms with Crippen molar-refractivity contribution in [3.05, 3.63) is 94.2 Å². The lowest BCUT2D eigenvalue weighted by Crippen LogP contribution is -2.41. The van der Waals surface area contributed by atoms with Crippen LogP contribution < -0.4 is 10.6 Å². The van der Waals surface area contributed by atoms with E-state index < -0.39 is 24.3 Å². The number of amides is 2. The summed E-state index contributed by atoms with van der Waals surface area (Å²) < 4.78 is 4.87. The summed E-state index contributed by atoms with van der Waals surface area (Å²) in [5, 5.41) is 6.75. The standard InChI is InChI=1S/C24H22N2O5S/c27-19(20-12-7-13-32-20)16-31-22(29)15-25-21(28)14-26-24(30)23(17-8-3-1-4-9-17)18-10-5-2-6-11-18/h1-13,23H,14-16H2,(H,25,28)(H,26,30). The van der Waals surface area contributed by atoms with E-state index >= 15 is 0 Å². The van der Waals surface area contributed by atoms with E-state index in [9.17, 15) is 19.2 Å². The minimum atomic E-state index is -0.735. The molecule has 1 aromatic heterocycles. The topological polar surface area (TPSA) is 102 Å². The third kappa shape index (κ3) is 6.61. The van der Waals surface area contributed by atoms with Crippen molar-refractivity contribution in [3.8, 4) is 0 Å². The molecule has 0 radical (unpaired) electrons. The van der Waals surface area contributed by atoms with Crippen molar-refractivity contribution in [1.29, 1.82) is 0 Å². The molecule has 0 bridgehead atoms. The number of Topliss-reactive ketones (excluding diaryl/α,β-unsaturated/α-hetero) is 1. The first-order valence-electron chi connectivity index (χ1n) is 9.91. The van der Waals surface area contributed by atoms with Gasteiger partial charge in [-0.2, -0.15) is 0 Å². The predicted octanol–water partition coefficient (Wildman–Crippen LogP) is 2.54. The van der Waals surface area contributed by atoms with E-state index in [4.69, 9.17) is 4.74 Å². The number of hydrogen-bond donors (Lipinski definition) is 2. The van der Waals surface area contributed by atoms with Gasteiger partial charge in [-0.1, -0.05) is 66.7 Å². The van der Waals surface area contributed by atoms with Gasteiger partial charge in [-0.05, 0) is 22.6 Å². The average molecular weight is 451 g/mol. The Labute approximate surface area is 189 Å². The molecular formula is C24H22N2O5S. The molecule has 3 aromatic rings. The molecule has 0 saturated heterocycles. The molecule has 0 spiro atoms. The second-order valence-corrected chi connectivity index (χ2v) is 7.76. The smallest absolute Gasteiger partial charge is 0.325 e. The molecule has 0 aliphatic carbocycles. The Hall–Kier alpha value is -3.78. The molecule has 0 atom stereocenters. The van der Waals surface area contributed by atoms with E-state index in [-0.39, 0.29) is 24.8 Å². The molecule has 0 aliphatic rings. The molecule has 164 valence electrons. The highest BCUT2D eigenvalue weighted by Crippen LogP contribution is 2.24. The first-order valence-corrected chi connectivity index (χ1v) is 10.8. The van der Waals surface area contributed by atoms with E-state index in [1.54, 1.807) is 17.5 Å². The lowest BCUT2D eigenvalue weighted by molar-refractivity contribution is -0.142. The van der Waals surface area contributed by atoms with Crippen molar-refractivity contribution in [1.82, 2.24) is 10.6 Å². The first-order chi connectivity index (χ1) is 15.5. The van der Waals surface area contributed by atoms with E-state index in [2.05, 4.69) is 10.6 Å². The maximum Gasteiger partial charge on any atom is 0.325 e. The largest absolute Gasteiger partial charge is 0.456 e. The number of ketones is 1. The van der Waals surface area contributed by atoms with Gasteiger partial charge in [-0.25, -0.2) is 0 Å². The molecule has 2 N–H and O–H groups in total. The van der Waals surface area contributed by atoms with Gasteiger partial charge in [0.25, 0.3) is 0 Å². The van der Waals surface area contributed by atoms with E-state index in [1.165, 1.54) is 11.3 Å². The van der Waals surface area contributed by atoms with Crippen LogP contribution in [0.15, 0.2) is 78.2 Å². The van der Waals surface area contributed by atoms with Crippen molar-refractivity contribution < 1.29 is 23.9 Å². The number of hydrogen-bond acceptors (Lipinski definition) is 6. The fourth-order valence-electron chi connectivity index (χ4n) is 2.99. The van der Waals surface area contributed by atoms with Crippen LogP contribution in [0.25, 0.3) is 0 Å². The van der Waals surface area contributed by atoms with E-state index in [0.717, 1.165) is 11.1 Å². The average Bonchev–Trinajstić information content (AvgIpc) is 3.36. The minimum Gasteiger partial charge on any atom is -0.456 e. The van der Waals surface area contributed by atoms with Crippen LogP contribution in [-0.4, -0.2) is 43.3 Å². The summed E-state index contributed by atoms with van der Waals surface area (Å²) in [4.78, 5) is 49.0. The van der Waals surface area contributed by atoms with Crippen molar-refractivity contribution in [2.24, 2.45) is 0 Å². The quantitative estimate of drug-likeness (QED) is 0.365. The van der Waals surface area contributed by atoms with Gasteiger partial charge in [-0.15, -0.1) is 11.3 Å². The Morgan fingerprint density at radius 2 is 1.41 bits per heavy atom. The summed E-state index contributed by atoms with van der Waals surface area (Å²) in [6.45, 7) is -1.08. The Morgan fingerprint density at radius 1 is 0.781 bits per heavy atom. The summed E-state index contributed by atoms with van der Waals surface area (Å²) in [5.41, 5.74) is 1.60. The molecule has 2 aromatic carbocycles. The number of ether oxygens (including phenoxy) is 1. The molecule has 0 fully saturated rings. The van der Waals surface area contributed by atoms with Gasteiger partial charge < -0.3 is 15.4 Å². The van der Waals surface area contributed by atoms with Gasteiger partial charge in [0.15, 0.2) is 6.61 Å². The Kier molecular flexibility index (Phi) is 8.28. The molecule has 1 heterocycles. The minimum absolute atomic E-state index is 0.295. The maximum absolute atomic E-state index is 12.9. The van der Waals surface area contributed by atoms with Gasteiger partial charge >= 0.3 is 5.97 Å². The zero-order valence-corrected chi connectivity index (χ0v) is 18.0. The monoisotopic (exact) mass is 450 g/mol. The molecule has 3 rings (SSSR count). The second-order valence-electron chi connectivity index (χ2n) is 6.81. The fraction of sp³-hybridized carbons (Fsp3) is 0.167. The lowest BCUT2D eigenvalue weighted by atomic mass is 9.90. The summed E-state index contributed by atoms with van der Waals surface area (Å²) in [6.07, 6.45) is 0. The Balaban J connectivity index is 1.47. The number of carbonyl (C=O) groups is 4. The highest BCUT2D eigenvalue weighted by atomic mass is 32.1. The normalized spacial score (nSPS) is 10.4. The van der Waals surface area contributed by atoms with Crippen LogP contribution in [-0.2, 0) is 19.1 Å². The molecule has 2 amide bonds. The van der Waals surface area contributed by atoms with Gasteiger partial charge in [-0.3, -0.25) is 19.2 Å². The maximum atomic E-state index is 12.9. The van der Waals surface area contributed by atoms with Crippen LogP contribution in [0.3, 0.4) is 0 Å². The van der Waals surface area contributed by atoms with Gasteiger partial charge in [0.2, 0.25) is 17.6 Å². The number of carbonyl (C=O) groups excluding carboxylic acids is 4. The van der Waals surface area contributed by atoms with Crippen molar-refractivity contribution in [2.45, 2.75) is 5.92 Å². The van der Waals surface area contributed by atoms with Crippen LogP contribution >= 0.6 is 11.3 Å².